The zero-order valence-electron chi connectivity index (χ0n) is 16.8. The number of rotatable bonds is 2. The Labute approximate surface area is 185 Å². The van der Waals surface area contributed by atoms with Gasteiger partial charge in [-0.1, -0.05) is 70.0 Å². The average molecular weight is 459 g/mol. The van der Waals surface area contributed by atoms with E-state index in [0.29, 0.717) is 6.42 Å². The molecule has 2 aliphatic rings. The van der Waals surface area contributed by atoms with Crippen molar-refractivity contribution in [2.75, 3.05) is 10.6 Å². The van der Waals surface area contributed by atoms with E-state index in [1.807, 2.05) is 24.3 Å². The standard InChI is InChI=1S/C26H23BrN2O/c1-16-9-11-17(12-10-16)26-25-23(28-21-7-2-3-8-22(21)29-26)14-19(15-24(25)30)18-5-4-6-20(27)13-18/h2-13,19,26,28-29H,14-15H2,1H3/t19-,26-/m1/s1. The predicted molar refractivity (Wildman–Crippen MR) is 126 cm³/mol. The first-order valence-corrected chi connectivity index (χ1v) is 11.1. The Morgan fingerprint density at radius 3 is 2.40 bits per heavy atom. The van der Waals surface area contributed by atoms with Gasteiger partial charge in [-0.05, 0) is 54.7 Å². The molecule has 0 saturated carbocycles. The van der Waals surface area contributed by atoms with E-state index < -0.39 is 0 Å². The highest BCUT2D eigenvalue weighted by Crippen LogP contribution is 2.44. The second-order valence-corrected chi connectivity index (χ2v) is 9.05. The molecule has 0 saturated heterocycles. The summed E-state index contributed by atoms with van der Waals surface area (Å²) in [7, 11) is 0. The first-order chi connectivity index (χ1) is 14.6. The first kappa shape index (κ1) is 19.1. The molecular weight excluding hydrogens is 436 g/mol. The van der Waals surface area contributed by atoms with Gasteiger partial charge in [0.1, 0.15) is 0 Å². The van der Waals surface area contributed by atoms with Gasteiger partial charge in [0, 0.05) is 22.2 Å². The van der Waals surface area contributed by atoms with Crippen LogP contribution in [-0.4, -0.2) is 5.78 Å². The van der Waals surface area contributed by atoms with E-state index in [1.165, 1.54) is 11.1 Å². The van der Waals surface area contributed by atoms with Crippen LogP contribution in [0.15, 0.2) is 88.5 Å². The van der Waals surface area contributed by atoms with Crippen LogP contribution in [-0.2, 0) is 4.79 Å². The number of ketones is 1. The lowest BCUT2D eigenvalue weighted by Gasteiger charge is -2.30. The molecule has 3 nitrogen and oxygen atoms in total. The highest BCUT2D eigenvalue weighted by Gasteiger charge is 2.36. The van der Waals surface area contributed by atoms with E-state index in [-0.39, 0.29) is 17.7 Å². The van der Waals surface area contributed by atoms with Crippen LogP contribution >= 0.6 is 15.9 Å². The van der Waals surface area contributed by atoms with Gasteiger partial charge in [-0.25, -0.2) is 0 Å². The van der Waals surface area contributed by atoms with E-state index in [9.17, 15) is 4.79 Å². The van der Waals surface area contributed by atoms with Crippen molar-refractivity contribution >= 4 is 33.1 Å². The van der Waals surface area contributed by atoms with Crippen LogP contribution in [0.4, 0.5) is 11.4 Å². The third-order valence-corrected chi connectivity index (χ3v) is 6.53. The fraction of sp³-hybridized carbons (Fsp3) is 0.192. The zero-order valence-corrected chi connectivity index (χ0v) is 18.4. The molecule has 0 fully saturated rings. The van der Waals surface area contributed by atoms with Gasteiger partial charge in [0.15, 0.2) is 5.78 Å². The summed E-state index contributed by atoms with van der Waals surface area (Å²) in [6.45, 7) is 2.08. The molecule has 0 spiro atoms. The highest BCUT2D eigenvalue weighted by atomic mass is 79.9. The molecule has 3 aromatic rings. The molecule has 1 aliphatic carbocycles. The Hall–Kier alpha value is -2.85. The van der Waals surface area contributed by atoms with Crippen LogP contribution in [0.25, 0.3) is 0 Å². The number of hydrogen-bond donors (Lipinski definition) is 2. The summed E-state index contributed by atoms with van der Waals surface area (Å²) in [6.07, 6.45) is 1.34. The minimum absolute atomic E-state index is 0.160. The van der Waals surface area contributed by atoms with E-state index in [2.05, 4.69) is 82.0 Å². The number of carbonyl (C=O) groups excluding carboxylic acids is 1. The van der Waals surface area contributed by atoms with Crippen molar-refractivity contribution in [3.8, 4) is 0 Å². The molecule has 0 unspecified atom stereocenters. The van der Waals surface area contributed by atoms with Crippen LogP contribution < -0.4 is 10.6 Å². The number of Topliss-reactive ketones (excluding diaryl/α,β-unsaturated/α-hetero) is 1. The molecule has 150 valence electrons. The summed E-state index contributed by atoms with van der Waals surface area (Å²) >= 11 is 3.57. The van der Waals surface area contributed by atoms with Crippen LogP contribution in [0.1, 0.15) is 41.5 Å². The molecule has 0 bridgehead atoms. The quantitative estimate of drug-likeness (QED) is 0.446. The molecule has 1 heterocycles. The topological polar surface area (TPSA) is 41.1 Å². The lowest BCUT2D eigenvalue weighted by Crippen LogP contribution is -2.26. The molecule has 2 N–H and O–H groups in total. The molecule has 1 aliphatic heterocycles. The predicted octanol–water partition coefficient (Wildman–Crippen LogP) is 6.74. The minimum Gasteiger partial charge on any atom is -0.372 e. The molecular formula is C26H23BrN2O. The van der Waals surface area contributed by atoms with Gasteiger partial charge in [-0.2, -0.15) is 0 Å². The normalized spacial score (nSPS) is 20.5. The van der Waals surface area contributed by atoms with E-state index in [0.717, 1.165) is 39.1 Å². The van der Waals surface area contributed by atoms with Gasteiger partial charge in [-0.15, -0.1) is 0 Å². The summed E-state index contributed by atoms with van der Waals surface area (Å²) < 4.78 is 1.05. The number of halogens is 1. The Morgan fingerprint density at radius 2 is 1.63 bits per heavy atom. The van der Waals surface area contributed by atoms with Crippen molar-refractivity contribution < 1.29 is 4.79 Å². The summed E-state index contributed by atoms with van der Waals surface area (Å²) in [5.74, 6) is 0.379. The number of nitrogens with one attached hydrogen (secondary N) is 2. The maximum absolute atomic E-state index is 13.5. The number of para-hydroxylation sites is 2. The number of hydrogen-bond acceptors (Lipinski definition) is 3. The van der Waals surface area contributed by atoms with Crippen molar-refractivity contribution in [2.45, 2.75) is 31.7 Å². The molecule has 30 heavy (non-hydrogen) atoms. The Morgan fingerprint density at radius 1 is 0.867 bits per heavy atom. The van der Waals surface area contributed by atoms with Crippen LogP contribution in [0.5, 0.6) is 0 Å². The second-order valence-electron chi connectivity index (χ2n) is 8.13. The molecule has 4 heteroatoms. The maximum atomic E-state index is 13.5. The summed E-state index contributed by atoms with van der Waals surface area (Å²) in [5, 5.41) is 7.24. The van der Waals surface area contributed by atoms with Gasteiger partial charge < -0.3 is 10.6 Å². The van der Waals surface area contributed by atoms with Crippen LogP contribution in [0, 0.1) is 6.92 Å². The SMILES string of the molecule is Cc1ccc([C@H]2Nc3ccccc3NC3=C2C(=O)C[C@H](c2cccc(Br)c2)C3)cc1. The van der Waals surface area contributed by atoms with Gasteiger partial charge in [0.2, 0.25) is 0 Å². The molecule has 3 aromatic carbocycles. The molecule has 5 rings (SSSR count). The van der Waals surface area contributed by atoms with Crippen molar-refractivity contribution in [3.05, 3.63) is 105 Å². The number of allylic oxidation sites excluding steroid dienone is 1. The fourth-order valence-corrected chi connectivity index (χ4v) is 4.91. The summed E-state index contributed by atoms with van der Waals surface area (Å²) in [5.41, 5.74) is 7.45. The van der Waals surface area contributed by atoms with Crippen molar-refractivity contribution in [2.24, 2.45) is 0 Å². The average Bonchev–Trinajstić information content (AvgIpc) is 2.91. The lowest BCUT2D eigenvalue weighted by atomic mass is 9.78. The molecule has 0 aromatic heterocycles. The monoisotopic (exact) mass is 458 g/mol. The number of benzene rings is 3. The Kier molecular flexibility index (Phi) is 4.95. The number of aryl methyl sites for hydroxylation is 1. The summed E-state index contributed by atoms with van der Waals surface area (Å²) in [6, 6.07) is 24.8. The van der Waals surface area contributed by atoms with E-state index in [1.54, 1.807) is 0 Å². The third kappa shape index (κ3) is 3.56. The third-order valence-electron chi connectivity index (χ3n) is 6.04. The molecule has 2 atom stereocenters. The smallest absolute Gasteiger partial charge is 0.163 e. The highest BCUT2D eigenvalue weighted by molar-refractivity contribution is 9.10. The summed E-state index contributed by atoms with van der Waals surface area (Å²) in [4.78, 5) is 13.5. The maximum Gasteiger partial charge on any atom is 0.163 e. The lowest BCUT2D eigenvalue weighted by molar-refractivity contribution is -0.116. The zero-order chi connectivity index (χ0) is 20.7. The van der Waals surface area contributed by atoms with Crippen molar-refractivity contribution in [1.29, 1.82) is 0 Å². The van der Waals surface area contributed by atoms with Gasteiger partial charge in [0.05, 0.1) is 17.4 Å². The number of carbonyl (C=O) groups is 1. The van der Waals surface area contributed by atoms with Crippen LogP contribution in [0.3, 0.4) is 0 Å². The van der Waals surface area contributed by atoms with Gasteiger partial charge >= 0.3 is 0 Å². The van der Waals surface area contributed by atoms with Gasteiger partial charge in [0.25, 0.3) is 0 Å². The first-order valence-electron chi connectivity index (χ1n) is 10.3. The fourth-order valence-electron chi connectivity index (χ4n) is 4.50. The van der Waals surface area contributed by atoms with E-state index >= 15 is 0 Å². The molecule has 0 radical (unpaired) electrons. The van der Waals surface area contributed by atoms with Gasteiger partial charge in [-0.3, -0.25) is 4.79 Å². The largest absolute Gasteiger partial charge is 0.372 e. The number of fused-ring (bicyclic) bond motifs is 1. The Bertz CT molecular complexity index is 1150. The second kappa shape index (κ2) is 7.77. The van der Waals surface area contributed by atoms with E-state index in [4.69, 9.17) is 0 Å². The van der Waals surface area contributed by atoms with Crippen molar-refractivity contribution in [1.82, 2.24) is 0 Å². The Balaban J connectivity index is 1.61. The molecule has 0 amide bonds. The van der Waals surface area contributed by atoms with Crippen molar-refractivity contribution in [3.63, 3.8) is 0 Å². The minimum atomic E-state index is -0.160. The van der Waals surface area contributed by atoms with Crippen LogP contribution in [0.2, 0.25) is 0 Å². The number of anilines is 2.